The van der Waals surface area contributed by atoms with E-state index in [0.717, 1.165) is 16.5 Å². The van der Waals surface area contributed by atoms with Crippen LogP contribution in [0, 0.1) is 6.92 Å². The van der Waals surface area contributed by atoms with Crippen LogP contribution in [0.1, 0.15) is 16.7 Å². The van der Waals surface area contributed by atoms with Gasteiger partial charge in [-0.15, -0.1) is 5.10 Å². The van der Waals surface area contributed by atoms with E-state index >= 15 is 0 Å². The minimum Gasteiger partial charge on any atom is -0.285 e. The third-order valence-corrected chi connectivity index (χ3v) is 5.44. The Balaban J connectivity index is 1.57. The van der Waals surface area contributed by atoms with Crippen molar-refractivity contribution in [1.82, 2.24) is 4.90 Å². The van der Waals surface area contributed by atoms with E-state index in [1.165, 1.54) is 22.7 Å². The highest BCUT2D eigenvalue weighted by molar-refractivity contribution is 8.15. The molecule has 4 rings (SSSR count). The fourth-order valence-electron chi connectivity index (χ4n) is 3.03. The maximum Gasteiger partial charge on any atom is 0.239 e. The average Bonchev–Trinajstić information content (AvgIpc) is 3.03. The van der Waals surface area contributed by atoms with E-state index in [-0.39, 0.29) is 5.91 Å². The molecule has 134 valence electrons. The van der Waals surface area contributed by atoms with Crippen LogP contribution in [0.5, 0.6) is 0 Å². The van der Waals surface area contributed by atoms with E-state index in [4.69, 9.17) is 0 Å². The van der Waals surface area contributed by atoms with Crippen LogP contribution in [0.4, 0.5) is 0 Å². The number of carbonyl (C=O) groups excluding carboxylic acids is 1. The van der Waals surface area contributed by atoms with Gasteiger partial charge >= 0.3 is 0 Å². The lowest BCUT2D eigenvalue weighted by Gasteiger charge is -2.16. The van der Waals surface area contributed by atoms with Crippen molar-refractivity contribution in [2.24, 2.45) is 10.2 Å². The summed E-state index contributed by atoms with van der Waals surface area (Å²) in [5.74, 6) is 0.473. The molecule has 0 saturated carbocycles. The summed E-state index contributed by atoms with van der Waals surface area (Å²) in [4.78, 5) is 14.1. The molecule has 1 aliphatic heterocycles. The maximum atomic E-state index is 12.4. The first-order valence-electron chi connectivity index (χ1n) is 8.78. The summed E-state index contributed by atoms with van der Waals surface area (Å²) in [7, 11) is 0. The third kappa shape index (κ3) is 3.93. The lowest BCUT2D eigenvalue weighted by molar-refractivity contribution is -0.124. The Morgan fingerprint density at radius 3 is 2.67 bits per heavy atom. The molecule has 3 aromatic carbocycles. The number of hydrogen-bond acceptors (Lipinski definition) is 4. The molecule has 0 aliphatic carbocycles. The number of aryl methyl sites for hydroxylation is 1. The van der Waals surface area contributed by atoms with Crippen molar-refractivity contribution in [3.63, 3.8) is 0 Å². The fraction of sp³-hybridized carbons (Fsp3) is 0.136. The molecule has 27 heavy (non-hydrogen) atoms. The normalized spacial score (nSPS) is 16.1. The fourth-order valence-corrected chi connectivity index (χ4v) is 3.86. The zero-order chi connectivity index (χ0) is 18.6. The summed E-state index contributed by atoms with van der Waals surface area (Å²) in [5.41, 5.74) is 3.30. The Kier molecular flexibility index (Phi) is 5.03. The van der Waals surface area contributed by atoms with Gasteiger partial charge < -0.3 is 0 Å². The molecule has 3 aromatic rings. The molecule has 0 spiro atoms. The number of thioether (sulfide) groups is 1. The molecule has 1 heterocycles. The Labute approximate surface area is 162 Å². The van der Waals surface area contributed by atoms with Gasteiger partial charge in [0.05, 0.1) is 18.5 Å². The van der Waals surface area contributed by atoms with Crippen LogP contribution in [0.3, 0.4) is 0 Å². The second kappa shape index (κ2) is 7.76. The predicted octanol–water partition coefficient (Wildman–Crippen LogP) is 4.61. The smallest absolute Gasteiger partial charge is 0.239 e. The standard InChI is InChI=1S/C22H19N3OS/c1-16-9-11-17(12-10-16)13-23-24-22-25(21(26)15-27-22)14-19-7-4-6-18-5-2-3-8-20(18)19/h2-13H,14-15H2,1H3/b23-13+,24-22-. The van der Waals surface area contributed by atoms with Crippen molar-refractivity contribution in [1.29, 1.82) is 0 Å². The molecule has 0 atom stereocenters. The topological polar surface area (TPSA) is 45.0 Å². The molecule has 5 heteroatoms. The van der Waals surface area contributed by atoms with Gasteiger partial charge in [-0.1, -0.05) is 84.1 Å². The first-order chi connectivity index (χ1) is 13.2. The number of rotatable bonds is 4. The lowest BCUT2D eigenvalue weighted by atomic mass is 10.0. The Hall–Kier alpha value is -2.92. The Bertz CT molecular complexity index is 1040. The van der Waals surface area contributed by atoms with Gasteiger partial charge in [0.2, 0.25) is 5.91 Å². The minimum atomic E-state index is 0.0669. The van der Waals surface area contributed by atoms with Gasteiger partial charge in [0.25, 0.3) is 0 Å². The van der Waals surface area contributed by atoms with Crippen molar-refractivity contribution < 1.29 is 4.79 Å². The second-order valence-electron chi connectivity index (χ2n) is 6.44. The molecule has 4 nitrogen and oxygen atoms in total. The highest BCUT2D eigenvalue weighted by Crippen LogP contribution is 2.25. The highest BCUT2D eigenvalue weighted by atomic mass is 32.2. The summed E-state index contributed by atoms with van der Waals surface area (Å²) in [6, 6.07) is 22.5. The molecule has 1 fully saturated rings. The molecule has 0 aromatic heterocycles. The SMILES string of the molecule is Cc1ccc(/C=N/N=C2\SCC(=O)N2Cc2cccc3ccccc23)cc1. The first-order valence-corrected chi connectivity index (χ1v) is 9.77. The number of hydrogen-bond donors (Lipinski definition) is 0. The van der Waals surface area contributed by atoms with E-state index in [2.05, 4.69) is 34.5 Å². The van der Waals surface area contributed by atoms with Crippen LogP contribution in [0.25, 0.3) is 10.8 Å². The van der Waals surface area contributed by atoms with Gasteiger partial charge in [0.15, 0.2) is 5.17 Å². The third-order valence-electron chi connectivity index (χ3n) is 4.49. The van der Waals surface area contributed by atoms with Crippen LogP contribution in [0.15, 0.2) is 76.9 Å². The zero-order valence-corrected chi connectivity index (χ0v) is 15.8. The largest absolute Gasteiger partial charge is 0.285 e. The first kappa shape index (κ1) is 17.5. The highest BCUT2D eigenvalue weighted by Gasteiger charge is 2.28. The molecule has 0 N–H and O–H groups in total. The molecule has 1 saturated heterocycles. The predicted molar refractivity (Wildman–Crippen MR) is 113 cm³/mol. The van der Waals surface area contributed by atoms with Gasteiger partial charge in [-0.3, -0.25) is 9.69 Å². The van der Waals surface area contributed by atoms with Crippen molar-refractivity contribution in [2.75, 3.05) is 5.75 Å². The Morgan fingerprint density at radius 2 is 1.81 bits per heavy atom. The van der Waals surface area contributed by atoms with E-state index in [1.807, 2.05) is 49.4 Å². The number of benzene rings is 3. The van der Waals surface area contributed by atoms with Crippen LogP contribution >= 0.6 is 11.8 Å². The van der Waals surface area contributed by atoms with Gasteiger partial charge in [0, 0.05) is 0 Å². The summed E-state index contributed by atoms with van der Waals surface area (Å²) in [5, 5.41) is 11.5. The molecular weight excluding hydrogens is 354 g/mol. The van der Waals surface area contributed by atoms with Crippen LogP contribution in [-0.2, 0) is 11.3 Å². The van der Waals surface area contributed by atoms with E-state index < -0.39 is 0 Å². The maximum absolute atomic E-state index is 12.4. The number of amides is 1. The average molecular weight is 373 g/mol. The van der Waals surface area contributed by atoms with Crippen LogP contribution in [0.2, 0.25) is 0 Å². The monoisotopic (exact) mass is 373 g/mol. The number of carbonyl (C=O) groups is 1. The van der Waals surface area contributed by atoms with Crippen molar-refractivity contribution in [2.45, 2.75) is 13.5 Å². The quantitative estimate of drug-likeness (QED) is 0.495. The van der Waals surface area contributed by atoms with Crippen molar-refractivity contribution in [3.8, 4) is 0 Å². The van der Waals surface area contributed by atoms with Gasteiger partial charge in [-0.25, -0.2) is 0 Å². The molecule has 0 radical (unpaired) electrons. The van der Waals surface area contributed by atoms with E-state index in [1.54, 1.807) is 11.1 Å². The molecular formula is C22H19N3OS. The Morgan fingerprint density at radius 1 is 1.04 bits per heavy atom. The lowest BCUT2D eigenvalue weighted by Crippen LogP contribution is -2.28. The molecule has 1 aliphatic rings. The number of amidine groups is 1. The van der Waals surface area contributed by atoms with Gasteiger partial charge in [0.1, 0.15) is 0 Å². The zero-order valence-electron chi connectivity index (χ0n) is 15.0. The van der Waals surface area contributed by atoms with Crippen molar-refractivity contribution in [3.05, 3.63) is 83.4 Å². The minimum absolute atomic E-state index is 0.0669. The molecule has 0 bridgehead atoms. The molecule has 1 amide bonds. The van der Waals surface area contributed by atoms with Crippen LogP contribution < -0.4 is 0 Å². The van der Waals surface area contributed by atoms with Crippen molar-refractivity contribution >= 4 is 39.8 Å². The second-order valence-corrected chi connectivity index (χ2v) is 7.39. The summed E-state index contributed by atoms with van der Waals surface area (Å²) >= 11 is 1.43. The number of nitrogens with zero attached hydrogens (tertiary/aromatic N) is 3. The van der Waals surface area contributed by atoms with Gasteiger partial charge in [-0.2, -0.15) is 5.10 Å². The number of fused-ring (bicyclic) bond motifs is 1. The van der Waals surface area contributed by atoms with E-state index in [0.29, 0.717) is 17.5 Å². The van der Waals surface area contributed by atoms with Gasteiger partial charge in [-0.05, 0) is 28.8 Å². The van der Waals surface area contributed by atoms with Crippen LogP contribution in [-0.4, -0.2) is 27.9 Å². The van der Waals surface area contributed by atoms with E-state index in [9.17, 15) is 4.79 Å². The summed E-state index contributed by atoms with van der Waals surface area (Å²) < 4.78 is 0. The summed E-state index contributed by atoms with van der Waals surface area (Å²) in [6.45, 7) is 2.55. The summed E-state index contributed by atoms with van der Waals surface area (Å²) in [6.07, 6.45) is 1.71. The molecule has 0 unspecified atom stereocenters.